The van der Waals surface area contributed by atoms with E-state index in [1.165, 1.54) is 23.6 Å². The summed E-state index contributed by atoms with van der Waals surface area (Å²) in [5.74, 6) is -0.205. The zero-order valence-electron chi connectivity index (χ0n) is 31.6. The predicted octanol–water partition coefficient (Wildman–Crippen LogP) is 8.14. The van der Waals surface area contributed by atoms with Crippen LogP contribution >= 0.6 is 0 Å². The van der Waals surface area contributed by atoms with Crippen molar-refractivity contribution in [3.8, 4) is 0 Å². The maximum absolute atomic E-state index is 12.5. The second-order valence-electron chi connectivity index (χ2n) is 16.4. The summed E-state index contributed by atoms with van der Waals surface area (Å²) in [5.41, 5.74) is 7.10. The van der Waals surface area contributed by atoms with Crippen LogP contribution in [0.3, 0.4) is 0 Å². The molecule has 0 unspecified atom stereocenters. The summed E-state index contributed by atoms with van der Waals surface area (Å²) in [4.78, 5) is 12.5. The van der Waals surface area contributed by atoms with Gasteiger partial charge in [-0.25, -0.2) is 0 Å². The van der Waals surface area contributed by atoms with Gasteiger partial charge in [0.15, 0.2) is 6.29 Å². The third kappa shape index (κ3) is 11.0. The van der Waals surface area contributed by atoms with Crippen molar-refractivity contribution in [1.29, 1.82) is 0 Å². The number of hydrogen-bond donors (Lipinski definition) is 1. The van der Waals surface area contributed by atoms with E-state index in [1.807, 2.05) is 0 Å². The van der Waals surface area contributed by atoms with Gasteiger partial charge in [0, 0.05) is 14.0 Å². The Morgan fingerprint density at radius 2 is 1.02 bits per heavy atom. The maximum atomic E-state index is 12.5. The molecule has 268 valence electrons. The number of ether oxygens (including phenoxy) is 5. The van der Waals surface area contributed by atoms with Crippen LogP contribution in [0.4, 0.5) is 0 Å². The molecule has 7 heteroatoms. The van der Waals surface area contributed by atoms with Gasteiger partial charge < -0.3 is 29.0 Å². The fourth-order valence-electron chi connectivity index (χ4n) is 6.01. The molecule has 1 N–H and O–H groups in total. The zero-order chi connectivity index (χ0) is 36.0. The highest BCUT2D eigenvalue weighted by Gasteiger charge is 2.48. The van der Waals surface area contributed by atoms with E-state index in [4.69, 9.17) is 23.7 Å². The highest BCUT2D eigenvalue weighted by molar-refractivity contribution is 5.73. The summed E-state index contributed by atoms with van der Waals surface area (Å²) < 4.78 is 32.0. The topological polar surface area (TPSA) is 75.2 Å². The van der Waals surface area contributed by atoms with Gasteiger partial charge in [0.1, 0.15) is 24.4 Å². The van der Waals surface area contributed by atoms with E-state index >= 15 is 0 Å². The van der Waals surface area contributed by atoms with Crippen LogP contribution in [0.15, 0.2) is 72.8 Å². The lowest BCUT2D eigenvalue weighted by molar-refractivity contribution is -0.284. The van der Waals surface area contributed by atoms with E-state index in [0.717, 1.165) is 16.7 Å². The Balaban J connectivity index is 1.59. The highest BCUT2D eigenvalue weighted by atomic mass is 16.7. The molecule has 4 rings (SSSR count). The number of carbonyl (C=O) groups excluding carboxylic acids is 1. The zero-order valence-corrected chi connectivity index (χ0v) is 31.6. The molecular weight excluding hydrogens is 614 g/mol. The molecule has 0 bridgehead atoms. The van der Waals surface area contributed by atoms with Gasteiger partial charge in [-0.1, -0.05) is 135 Å². The van der Waals surface area contributed by atoms with Crippen molar-refractivity contribution < 1.29 is 28.5 Å². The Labute approximate surface area is 295 Å². The quantitative estimate of drug-likeness (QED) is 0.209. The molecule has 1 saturated heterocycles. The Morgan fingerprint density at radius 3 is 1.39 bits per heavy atom. The largest absolute Gasteiger partial charge is 0.374 e. The lowest BCUT2D eigenvalue weighted by Gasteiger charge is -2.46. The van der Waals surface area contributed by atoms with Crippen molar-refractivity contribution >= 4 is 5.91 Å². The normalized spacial score (nSPS) is 21.8. The summed E-state index contributed by atoms with van der Waals surface area (Å²) in [7, 11) is 1.58. The van der Waals surface area contributed by atoms with Gasteiger partial charge in [-0.15, -0.1) is 0 Å². The summed E-state index contributed by atoms with van der Waals surface area (Å²) in [5, 5.41) is 3.04. The van der Waals surface area contributed by atoms with Crippen molar-refractivity contribution in [2.75, 3.05) is 13.7 Å². The SMILES string of the molecule is CO[C@H]1O[C@H](COCc2ccc(C(C)(C)C)cc2)[C@@H](OCc2ccc(C(C)(C)C)cc2)[C@H](OCc2ccc(C(C)(C)C)cc2)[C@H]1NC(C)=O. The minimum Gasteiger partial charge on any atom is -0.374 e. The predicted molar refractivity (Wildman–Crippen MR) is 196 cm³/mol. The van der Waals surface area contributed by atoms with Crippen LogP contribution in [0.2, 0.25) is 0 Å². The summed E-state index contributed by atoms with van der Waals surface area (Å²) in [6.07, 6.45) is -2.44. The number of amides is 1. The number of nitrogens with one attached hydrogen (secondary N) is 1. The number of rotatable bonds is 12. The average Bonchev–Trinajstić information content (AvgIpc) is 3.03. The van der Waals surface area contributed by atoms with Gasteiger partial charge in [-0.2, -0.15) is 0 Å². The molecule has 49 heavy (non-hydrogen) atoms. The fraction of sp³-hybridized carbons (Fsp3) is 0.548. The molecule has 1 amide bonds. The van der Waals surface area contributed by atoms with Crippen LogP contribution < -0.4 is 5.32 Å². The molecule has 7 nitrogen and oxygen atoms in total. The molecule has 1 aliphatic heterocycles. The summed E-state index contributed by atoms with van der Waals surface area (Å²) in [6.45, 7) is 22.7. The second kappa shape index (κ2) is 16.3. The monoisotopic (exact) mass is 673 g/mol. The van der Waals surface area contributed by atoms with E-state index in [0.29, 0.717) is 19.8 Å². The Hall–Kier alpha value is -3.07. The van der Waals surface area contributed by atoms with E-state index in [2.05, 4.69) is 140 Å². The van der Waals surface area contributed by atoms with Crippen LogP contribution in [0.1, 0.15) is 103 Å². The van der Waals surface area contributed by atoms with Crippen LogP contribution in [0.5, 0.6) is 0 Å². The van der Waals surface area contributed by atoms with Crippen molar-refractivity contribution in [3.05, 3.63) is 106 Å². The first-order valence-corrected chi connectivity index (χ1v) is 17.5. The minimum atomic E-state index is -0.761. The van der Waals surface area contributed by atoms with Crippen LogP contribution in [0.25, 0.3) is 0 Å². The molecule has 0 radical (unpaired) electrons. The summed E-state index contributed by atoms with van der Waals surface area (Å²) >= 11 is 0. The van der Waals surface area contributed by atoms with Crippen molar-refractivity contribution in [2.45, 2.75) is 136 Å². The molecule has 0 aromatic heterocycles. The molecule has 5 atom stereocenters. The van der Waals surface area contributed by atoms with E-state index in [-0.39, 0.29) is 28.8 Å². The molecule has 3 aromatic carbocycles. The lowest BCUT2D eigenvalue weighted by atomic mass is 9.87. The maximum Gasteiger partial charge on any atom is 0.217 e. The van der Waals surface area contributed by atoms with E-state index < -0.39 is 30.6 Å². The number of benzene rings is 3. The molecule has 1 fully saturated rings. The van der Waals surface area contributed by atoms with E-state index in [9.17, 15) is 4.79 Å². The van der Waals surface area contributed by atoms with Gasteiger partial charge in [-0.3, -0.25) is 4.79 Å². The molecule has 0 aliphatic carbocycles. The van der Waals surface area contributed by atoms with Gasteiger partial charge in [0.25, 0.3) is 0 Å². The smallest absolute Gasteiger partial charge is 0.217 e. The van der Waals surface area contributed by atoms with Gasteiger partial charge in [-0.05, 0) is 49.6 Å². The third-order valence-electron chi connectivity index (χ3n) is 9.14. The van der Waals surface area contributed by atoms with Crippen LogP contribution in [-0.4, -0.2) is 50.3 Å². The number of carbonyl (C=O) groups is 1. The van der Waals surface area contributed by atoms with Gasteiger partial charge >= 0.3 is 0 Å². The Kier molecular flexibility index (Phi) is 12.9. The molecule has 0 saturated carbocycles. The summed E-state index contributed by atoms with van der Waals surface area (Å²) in [6, 6.07) is 24.9. The molecule has 1 heterocycles. The van der Waals surface area contributed by atoms with Crippen molar-refractivity contribution in [3.63, 3.8) is 0 Å². The lowest BCUT2D eigenvalue weighted by Crippen LogP contribution is -2.65. The van der Waals surface area contributed by atoms with E-state index in [1.54, 1.807) is 7.11 Å². The van der Waals surface area contributed by atoms with Gasteiger partial charge in [0.2, 0.25) is 5.91 Å². The number of hydrogen-bond acceptors (Lipinski definition) is 6. The third-order valence-corrected chi connectivity index (χ3v) is 9.14. The highest BCUT2D eigenvalue weighted by Crippen LogP contribution is 2.30. The Morgan fingerprint density at radius 1 is 0.633 bits per heavy atom. The first kappa shape index (κ1) is 38.7. The number of methoxy groups -OCH3 is 1. The first-order valence-electron chi connectivity index (χ1n) is 17.5. The minimum absolute atomic E-state index is 0.0498. The first-order chi connectivity index (χ1) is 23.0. The standard InChI is InChI=1S/C42H59NO6/c1-28(44)43-36-38(48-26-31-16-22-34(23-17-31)42(8,9)10)37(47-25-30-14-20-33(21-15-30)41(5,6)7)35(49-39(36)45-11)27-46-24-29-12-18-32(19-13-29)40(2,3)4/h12-23,35-39H,24-27H2,1-11H3,(H,43,44)/t35-,36-,37-,38-,39+/m1/s1. The van der Waals surface area contributed by atoms with Crippen LogP contribution in [-0.2, 0) is 64.5 Å². The molecule has 3 aromatic rings. The van der Waals surface area contributed by atoms with Crippen LogP contribution in [0, 0.1) is 0 Å². The van der Waals surface area contributed by atoms with Crippen molar-refractivity contribution in [1.82, 2.24) is 5.32 Å². The Bertz CT molecular complexity index is 1460. The molecule has 1 aliphatic rings. The second-order valence-corrected chi connectivity index (χ2v) is 16.4. The molecule has 0 spiro atoms. The van der Waals surface area contributed by atoms with Crippen molar-refractivity contribution in [2.24, 2.45) is 0 Å². The van der Waals surface area contributed by atoms with Gasteiger partial charge in [0.05, 0.1) is 26.4 Å². The fourth-order valence-corrected chi connectivity index (χ4v) is 6.01. The molecular formula is C42H59NO6. The average molecular weight is 674 g/mol.